The van der Waals surface area contributed by atoms with Gasteiger partial charge < -0.3 is 9.47 Å². The smallest absolute Gasteiger partial charge is 0.231 e. The largest absolute Gasteiger partial charge is 0.454 e. The predicted octanol–water partition coefficient (Wildman–Crippen LogP) is 3.74. The zero-order valence-electron chi connectivity index (χ0n) is 10.5. The van der Waals surface area contributed by atoms with Crippen molar-refractivity contribution in [2.75, 3.05) is 6.79 Å². The van der Waals surface area contributed by atoms with Crippen molar-refractivity contribution in [3.63, 3.8) is 0 Å². The minimum absolute atomic E-state index is 0.0743. The molecule has 1 aromatic carbocycles. The number of rotatable bonds is 2. The van der Waals surface area contributed by atoms with Crippen molar-refractivity contribution >= 4 is 27.8 Å². The standard InChI is InChI=1S/C16H11BrO3/c17-13-6-4-11(5-7-13)2-1-3-12-8-15-16(9-14(12)18)20-10-19-15/h1-9H,10H2/b2-1+,12-3+. The highest BCUT2D eigenvalue weighted by atomic mass is 79.9. The zero-order chi connectivity index (χ0) is 13.9. The molecule has 1 saturated heterocycles. The van der Waals surface area contributed by atoms with Gasteiger partial charge in [-0.05, 0) is 23.8 Å². The number of benzene rings is 1. The fourth-order valence-electron chi connectivity index (χ4n) is 1.91. The minimum Gasteiger partial charge on any atom is -0.454 e. The molecule has 3 nitrogen and oxygen atoms in total. The molecule has 0 aromatic heterocycles. The van der Waals surface area contributed by atoms with E-state index in [-0.39, 0.29) is 12.6 Å². The highest BCUT2D eigenvalue weighted by Crippen LogP contribution is 2.27. The van der Waals surface area contributed by atoms with Crippen LogP contribution in [-0.4, -0.2) is 12.6 Å². The van der Waals surface area contributed by atoms with Gasteiger partial charge in [-0.25, -0.2) is 0 Å². The van der Waals surface area contributed by atoms with E-state index in [1.54, 1.807) is 12.2 Å². The molecular weight excluding hydrogens is 320 g/mol. The van der Waals surface area contributed by atoms with E-state index in [0.717, 1.165) is 10.0 Å². The number of carbonyl (C=O) groups excluding carboxylic acids is 1. The summed E-state index contributed by atoms with van der Waals surface area (Å²) in [7, 11) is 0. The molecule has 1 heterocycles. The van der Waals surface area contributed by atoms with Crippen molar-refractivity contribution in [2.45, 2.75) is 0 Å². The Morgan fingerprint density at radius 3 is 2.50 bits per heavy atom. The van der Waals surface area contributed by atoms with Gasteiger partial charge in [-0.15, -0.1) is 0 Å². The van der Waals surface area contributed by atoms with E-state index in [1.807, 2.05) is 36.4 Å². The lowest BCUT2D eigenvalue weighted by molar-refractivity contribution is -0.111. The average molecular weight is 331 g/mol. The number of carbonyl (C=O) groups is 1. The van der Waals surface area contributed by atoms with Crippen LogP contribution in [-0.2, 0) is 14.3 Å². The van der Waals surface area contributed by atoms with Crippen molar-refractivity contribution in [2.24, 2.45) is 0 Å². The van der Waals surface area contributed by atoms with Gasteiger partial charge in [0.2, 0.25) is 6.79 Å². The average Bonchev–Trinajstić information content (AvgIpc) is 2.88. The molecule has 4 heteroatoms. The van der Waals surface area contributed by atoms with E-state index < -0.39 is 0 Å². The lowest BCUT2D eigenvalue weighted by atomic mass is 10.0. The first-order valence-electron chi connectivity index (χ1n) is 6.10. The summed E-state index contributed by atoms with van der Waals surface area (Å²) in [5, 5.41) is 0. The van der Waals surface area contributed by atoms with E-state index in [0.29, 0.717) is 17.1 Å². The van der Waals surface area contributed by atoms with Crippen LogP contribution in [0.4, 0.5) is 0 Å². The monoisotopic (exact) mass is 330 g/mol. The van der Waals surface area contributed by atoms with Crippen LogP contribution in [0, 0.1) is 0 Å². The van der Waals surface area contributed by atoms with Crippen molar-refractivity contribution in [3.05, 3.63) is 75.7 Å². The van der Waals surface area contributed by atoms with Crippen molar-refractivity contribution in [1.82, 2.24) is 0 Å². The van der Waals surface area contributed by atoms with Gasteiger partial charge in [0.15, 0.2) is 17.3 Å². The van der Waals surface area contributed by atoms with Gasteiger partial charge in [0.25, 0.3) is 0 Å². The summed E-state index contributed by atoms with van der Waals surface area (Å²) in [6.07, 6.45) is 8.73. The first-order chi connectivity index (χ1) is 9.72. The van der Waals surface area contributed by atoms with Gasteiger partial charge in [-0.2, -0.15) is 0 Å². The molecule has 0 N–H and O–H groups in total. The molecule has 2 aliphatic rings. The maximum absolute atomic E-state index is 11.9. The minimum atomic E-state index is -0.0743. The van der Waals surface area contributed by atoms with Gasteiger partial charge in [0, 0.05) is 16.1 Å². The summed E-state index contributed by atoms with van der Waals surface area (Å²) in [5.41, 5.74) is 1.65. The van der Waals surface area contributed by atoms with Crippen LogP contribution in [0.1, 0.15) is 5.56 Å². The second kappa shape index (κ2) is 5.51. The van der Waals surface area contributed by atoms with Crippen LogP contribution in [0.3, 0.4) is 0 Å². The Morgan fingerprint density at radius 1 is 1.05 bits per heavy atom. The number of halogens is 1. The second-order valence-corrected chi connectivity index (χ2v) is 5.24. The highest BCUT2D eigenvalue weighted by Gasteiger charge is 2.24. The topological polar surface area (TPSA) is 35.5 Å². The number of allylic oxidation sites excluding steroid dienone is 5. The Morgan fingerprint density at radius 2 is 1.75 bits per heavy atom. The Labute approximate surface area is 125 Å². The van der Waals surface area contributed by atoms with Crippen LogP contribution in [0.5, 0.6) is 0 Å². The Balaban J connectivity index is 1.78. The first kappa shape index (κ1) is 12.9. The van der Waals surface area contributed by atoms with E-state index in [9.17, 15) is 4.79 Å². The van der Waals surface area contributed by atoms with E-state index in [4.69, 9.17) is 9.47 Å². The second-order valence-electron chi connectivity index (χ2n) is 4.32. The van der Waals surface area contributed by atoms with Crippen LogP contribution in [0.15, 0.2) is 70.1 Å². The molecule has 0 bridgehead atoms. The fraction of sp³-hybridized carbons (Fsp3) is 0.0625. The fourth-order valence-corrected chi connectivity index (χ4v) is 2.17. The molecule has 1 aliphatic heterocycles. The Bertz CT molecular complexity index is 663. The quantitative estimate of drug-likeness (QED) is 0.775. The van der Waals surface area contributed by atoms with Crippen molar-refractivity contribution < 1.29 is 14.3 Å². The molecule has 100 valence electrons. The maximum atomic E-state index is 11.9. The third-order valence-corrected chi connectivity index (χ3v) is 3.47. The SMILES string of the molecule is O=C1C=C2OCOC2=C/C1=C\C=C\c1ccc(Br)cc1. The van der Waals surface area contributed by atoms with Gasteiger partial charge >= 0.3 is 0 Å². The predicted molar refractivity (Wildman–Crippen MR) is 79.5 cm³/mol. The number of fused-ring (bicyclic) bond motifs is 1. The molecule has 20 heavy (non-hydrogen) atoms. The molecule has 0 saturated carbocycles. The normalized spacial score (nSPS) is 19.4. The van der Waals surface area contributed by atoms with E-state index in [1.165, 1.54) is 6.08 Å². The lowest BCUT2D eigenvalue weighted by Gasteiger charge is -2.05. The van der Waals surface area contributed by atoms with E-state index >= 15 is 0 Å². The van der Waals surface area contributed by atoms with Crippen LogP contribution >= 0.6 is 15.9 Å². The molecule has 3 rings (SSSR count). The van der Waals surface area contributed by atoms with Gasteiger partial charge in [-0.1, -0.05) is 46.3 Å². The number of ether oxygens (including phenoxy) is 2. The molecule has 0 unspecified atom stereocenters. The summed E-state index contributed by atoms with van der Waals surface area (Å²) in [6.45, 7) is 0.174. The summed E-state index contributed by atoms with van der Waals surface area (Å²) in [4.78, 5) is 11.9. The van der Waals surface area contributed by atoms with Crippen molar-refractivity contribution in [3.8, 4) is 0 Å². The molecular formula is C16H11BrO3. The molecule has 0 amide bonds. The maximum Gasteiger partial charge on any atom is 0.231 e. The first-order valence-corrected chi connectivity index (χ1v) is 6.89. The summed E-state index contributed by atoms with van der Waals surface area (Å²) < 4.78 is 11.5. The molecule has 0 spiro atoms. The lowest BCUT2D eigenvalue weighted by Crippen LogP contribution is -2.04. The molecule has 1 aliphatic carbocycles. The van der Waals surface area contributed by atoms with Gasteiger partial charge in [0.05, 0.1) is 0 Å². The summed E-state index contributed by atoms with van der Waals surface area (Å²) >= 11 is 3.39. The highest BCUT2D eigenvalue weighted by molar-refractivity contribution is 9.10. The van der Waals surface area contributed by atoms with Crippen molar-refractivity contribution in [1.29, 1.82) is 0 Å². The number of hydrogen-bond acceptors (Lipinski definition) is 3. The van der Waals surface area contributed by atoms with Crippen LogP contribution < -0.4 is 0 Å². The number of ketones is 1. The van der Waals surface area contributed by atoms with Gasteiger partial charge in [-0.3, -0.25) is 4.79 Å². The van der Waals surface area contributed by atoms with Crippen LogP contribution in [0.2, 0.25) is 0 Å². The van der Waals surface area contributed by atoms with E-state index in [2.05, 4.69) is 15.9 Å². The van der Waals surface area contributed by atoms with Gasteiger partial charge in [0.1, 0.15) is 0 Å². The molecule has 0 radical (unpaired) electrons. The Hall–Kier alpha value is -2.07. The molecule has 0 atom stereocenters. The summed E-state index contributed by atoms with van der Waals surface area (Å²) in [5.74, 6) is 1.06. The third-order valence-electron chi connectivity index (χ3n) is 2.94. The Kier molecular flexibility index (Phi) is 3.56. The summed E-state index contributed by atoms with van der Waals surface area (Å²) in [6, 6.07) is 7.93. The zero-order valence-corrected chi connectivity index (χ0v) is 12.1. The van der Waals surface area contributed by atoms with Crippen LogP contribution in [0.25, 0.3) is 6.08 Å². The molecule has 1 aromatic rings. The number of hydrogen-bond donors (Lipinski definition) is 0. The third kappa shape index (κ3) is 2.75. The molecule has 1 fully saturated rings.